The van der Waals surface area contributed by atoms with Gasteiger partial charge in [0.2, 0.25) is 6.41 Å². The molecule has 2 aromatic rings. The van der Waals surface area contributed by atoms with Gasteiger partial charge in [-0.1, -0.05) is 0 Å². The normalized spacial score (nSPS) is 10.0. The Hall–Kier alpha value is -1.77. The van der Waals surface area contributed by atoms with Crippen LogP contribution in [0.3, 0.4) is 0 Å². The average Bonchev–Trinajstić information content (AvgIpc) is 2.51. The second kappa shape index (κ2) is 2.70. The quantitative estimate of drug-likeness (QED) is 0.664. The van der Waals surface area contributed by atoms with Crippen LogP contribution in [0.15, 0.2) is 36.7 Å². The summed E-state index contributed by atoms with van der Waals surface area (Å²) in [7, 11) is 0. The number of fused-ring (bicyclic) bond motifs is 1. The van der Waals surface area contributed by atoms with Gasteiger partial charge in [-0.2, -0.15) is 0 Å². The van der Waals surface area contributed by atoms with Crippen LogP contribution in [0, 0.1) is 0 Å². The largest absolute Gasteiger partial charge is 0.329 e. The van der Waals surface area contributed by atoms with Gasteiger partial charge in [0.15, 0.2) is 0 Å². The van der Waals surface area contributed by atoms with Crippen molar-refractivity contribution >= 4 is 17.6 Å². The van der Waals surface area contributed by atoms with E-state index in [-0.39, 0.29) is 0 Å². The number of carbonyl (C=O) groups excluding carboxylic acids is 1. The number of amides is 1. The van der Waals surface area contributed by atoms with Crippen molar-refractivity contribution in [1.82, 2.24) is 4.40 Å². The lowest BCUT2D eigenvalue weighted by molar-refractivity contribution is -0.105. The van der Waals surface area contributed by atoms with Gasteiger partial charge in [-0.15, -0.1) is 0 Å². The molecule has 3 nitrogen and oxygen atoms in total. The zero-order valence-corrected chi connectivity index (χ0v) is 6.40. The van der Waals surface area contributed by atoms with Gasteiger partial charge in [-0.05, 0) is 24.3 Å². The summed E-state index contributed by atoms with van der Waals surface area (Å²) in [6, 6.07) is 7.70. The molecule has 0 spiro atoms. The van der Waals surface area contributed by atoms with Crippen LogP contribution < -0.4 is 5.32 Å². The molecule has 2 heterocycles. The van der Waals surface area contributed by atoms with Crippen LogP contribution in [-0.4, -0.2) is 10.8 Å². The molecule has 0 aromatic carbocycles. The molecule has 2 aromatic heterocycles. The number of carbonyl (C=O) groups is 1. The van der Waals surface area contributed by atoms with Crippen molar-refractivity contribution in [1.29, 1.82) is 0 Å². The topological polar surface area (TPSA) is 33.5 Å². The smallest absolute Gasteiger partial charge is 0.211 e. The third-order valence-corrected chi connectivity index (χ3v) is 1.76. The highest BCUT2D eigenvalue weighted by Gasteiger charge is 1.92. The highest BCUT2D eigenvalue weighted by molar-refractivity contribution is 5.73. The first-order valence-electron chi connectivity index (χ1n) is 3.67. The van der Waals surface area contributed by atoms with E-state index in [4.69, 9.17) is 0 Å². The number of nitrogens with one attached hydrogen (secondary N) is 1. The van der Waals surface area contributed by atoms with Crippen molar-refractivity contribution in [3.8, 4) is 0 Å². The predicted octanol–water partition coefficient (Wildman–Crippen LogP) is 1.51. The summed E-state index contributed by atoms with van der Waals surface area (Å²) in [4.78, 5) is 10.1. The molecule has 2 rings (SSSR count). The van der Waals surface area contributed by atoms with E-state index >= 15 is 0 Å². The van der Waals surface area contributed by atoms with Gasteiger partial charge < -0.3 is 9.72 Å². The van der Waals surface area contributed by atoms with Crippen molar-refractivity contribution in [3.63, 3.8) is 0 Å². The summed E-state index contributed by atoms with van der Waals surface area (Å²) in [6.45, 7) is 0. The van der Waals surface area contributed by atoms with Gasteiger partial charge in [0.05, 0.1) is 0 Å². The van der Waals surface area contributed by atoms with Crippen LogP contribution in [0.1, 0.15) is 0 Å². The van der Waals surface area contributed by atoms with Gasteiger partial charge >= 0.3 is 0 Å². The summed E-state index contributed by atoms with van der Waals surface area (Å²) in [5.74, 6) is 0. The van der Waals surface area contributed by atoms with E-state index in [0.717, 1.165) is 11.2 Å². The van der Waals surface area contributed by atoms with E-state index in [1.807, 2.05) is 41.1 Å². The van der Waals surface area contributed by atoms with Crippen LogP contribution >= 0.6 is 0 Å². The molecule has 0 fully saturated rings. The van der Waals surface area contributed by atoms with E-state index < -0.39 is 0 Å². The second-order valence-electron chi connectivity index (χ2n) is 2.52. The number of hydrogen-bond donors (Lipinski definition) is 1. The highest BCUT2D eigenvalue weighted by Crippen LogP contribution is 2.11. The number of hydrogen-bond acceptors (Lipinski definition) is 1. The SMILES string of the molecule is O=CNc1ccn2cccc2c1. The first-order valence-corrected chi connectivity index (χ1v) is 3.67. The molecule has 0 saturated heterocycles. The van der Waals surface area contributed by atoms with Gasteiger partial charge in [-0.3, -0.25) is 4.79 Å². The Morgan fingerprint density at radius 2 is 2.25 bits per heavy atom. The summed E-state index contributed by atoms with van der Waals surface area (Å²) >= 11 is 0. The molecule has 12 heavy (non-hydrogen) atoms. The minimum atomic E-state index is 0.675. The second-order valence-corrected chi connectivity index (χ2v) is 2.52. The lowest BCUT2D eigenvalue weighted by Crippen LogP contribution is -1.93. The van der Waals surface area contributed by atoms with E-state index in [1.165, 1.54) is 0 Å². The first kappa shape index (κ1) is 6.91. The van der Waals surface area contributed by atoms with E-state index in [1.54, 1.807) is 0 Å². The van der Waals surface area contributed by atoms with Crippen molar-refractivity contribution in [3.05, 3.63) is 36.7 Å². The summed E-state index contributed by atoms with van der Waals surface area (Å²) < 4.78 is 1.98. The zero-order chi connectivity index (χ0) is 8.39. The number of rotatable bonds is 2. The molecule has 0 saturated carbocycles. The van der Waals surface area contributed by atoms with E-state index in [2.05, 4.69) is 5.32 Å². The van der Waals surface area contributed by atoms with E-state index in [9.17, 15) is 4.79 Å². The molecule has 1 N–H and O–H groups in total. The predicted molar refractivity (Wildman–Crippen MR) is 47.1 cm³/mol. The summed E-state index contributed by atoms with van der Waals surface area (Å²) in [6.07, 6.45) is 4.54. The van der Waals surface area contributed by atoms with E-state index in [0.29, 0.717) is 6.41 Å². The first-order chi connectivity index (χ1) is 5.90. The molecule has 0 aliphatic carbocycles. The fourth-order valence-electron chi connectivity index (χ4n) is 1.19. The lowest BCUT2D eigenvalue weighted by atomic mass is 10.3. The van der Waals surface area contributed by atoms with Gasteiger partial charge in [-0.25, -0.2) is 0 Å². The van der Waals surface area contributed by atoms with Gasteiger partial charge in [0.1, 0.15) is 0 Å². The Morgan fingerprint density at radius 1 is 1.33 bits per heavy atom. The Morgan fingerprint density at radius 3 is 3.08 bits per heavy atom. The Bertz CT molecular complexity index is 406. The zero-order valence-electron chi connectivity index (χ0n) is 6.40. The third kappa shape index (κ3) is 1.05. The minimum absolute atomic E-state index is 0.675. The molecule has 0 atom stereocenters. The molecule has 0 aliphatic rings. The van der Waals surface area contributed by atoms with Crippen molar-refractivity contribution < 1.29 is 4.79 Å². The molecular formula is C9H8N2O. The fraction of sp³-hybridized carbons (Fsp3) is 0. The lowest BCUT2D eigenvalue weighted by Gasteiger charge is -1.99. The Labute approximate surface area is 69.6 Å². The summed E-state index contributed by atoms with van der Waals surface area (Å²) in [5.41, 5.74) is 1.89. The standard InChI is InChI=1S/C9H8N2O/c12-7-10-8-3-5-11-4-1-2-9(11)6-8/h1-7H,(H,10,12). The third-order valence-electron chi connectivity index (χ3n) is 1.76. The molecular weight excluding hydrogens is 152 g/mol. The maximum atomic E-state index is 10.1. The Kier molecular flexibility index (Phi) is 1.55. The summed E-state index contributed by atoms with van der Waals surface area (Å²) in [5, 5.41) is 2.60. The van der Waals surface area contributed by atoms with Crippen LogP contribution in [-0.2, 0) is 4.79 Å². The van der Waals surface area contributed by atoms with Crippen LogP contribution in [0.25, 0.3) is 5.52 Å². The monoisotopic (exact) mass is 160 g/mol. The van der Waals surface area contributed by atoms with Gasteiger partial charge in [0.25, 0.3) is 0 Å². The van der Waals surface area contributed by atoms with Crippen molar-refractivity contribution in [2.75, 3.05) is 5.32 Å². The van der Waals surface area contributed by atoms with Crippen LogP contribution in [0.2, 0.25) is 0 Å². The number of aromatic nitrogens is 1. The maximum absolute atomic E-state index is 10.1. The van der Waals surface area contributed by atoms with Crippen molar-refractivity contribution in [2.45, 2.75) is 0 Å². The molecule has 0 radical (unpaired) electrons. The average molecular weight is 160 g/mol. The van der Waals surface area contributed by atoms with Gasteiger partial charge in [0, 0.05) is 23.6 Å². The van der Waals surface area contributed by atoms with Crippen LogP contribution in [0.5, 0.6) is 0 Å². The molecule has 1 amide bonds. The Balaban J connectivity index is 2.52. The number of anilines is 1. The minimum Gasteiger partial charge on any atom is -0.329 e. The number of nitrogens with zero attached hydrogens (tertiary/aromatic N) is 1. The molecule has 0 unspecified atom stereocenters. The van der Waals surface area contributed by atoms with Crippen molar-refractivity contribution in [2.24, 2.45) is 0 Å². The molecule has 60 valence electrons. The highest BCUT2D eigenvalue weighted by atomic mass is 16.1. The molecule has 0 aliphatic heterocycles. The van der Waals surface area contributed by atoms with Crippen LogP contribution in [0.4, 0.5) is 5.69 Å². The molecule has 3 heteroatoms. The molecule has 0 bridgehead atoms. The maximum Gasteiger partial charge on any atom is 0.211 e. The number of pyridine rings is 1. The fourth-order valence-corrected chi connectivity index (χ4v) is 1.19.